The molecule has 28 heavy (non-hydrogen) atoms. The van der Waals surface area contributed by atoms with E-state index in [-0.39, 0.29) is 17.0 Å². The van der Waals surface area contributed by atoms with Gasteiger partial charge in [-0.2, -0.15) is 5.10 Å². The number of nitrogens with one attached hydrogen (secondary N) is 2. The highest BCUT2D eigenvalue weighted by Gasteiger charge is 2.39. The van der Waals surface area contributed by atoms with Gasteiger partial charge < -0.3 is 15.5 Å². The smallest absolute Gasteiger partial charge is 0.317 e. The number of carbonyl (C=O) groups excluding carboxylic acids is 1. The lowest BCUT2D eigenvalue weighted by atomic mass is 9.79. The van der Waals surface area contributed by atoms with E-state index in [0.717, 1.165) is 50.3 Å². The van der Waals surface area contributed by atoms with Gasteiger partial charge in [0.25, 0.3) is 5.56 Å². The normalized spacial score (nSPS) is 21.8. The van der Waals surface area contributed by atoms with Crippen molar-refractivity contribution in [2.75, 3.05) is 32.7 Å². The van der Waals surface area contributed by atoms with Gasteiger partial charge in [-0.25, -0.2) is 9.48 Å². The predicted octanol–water partition coefficient (Wildman–Crippen LogP) is 1.70. The quantitative estimate of drug-likeness (QED) is 0.845. The SMILES string of the molecule is O=C(NCCn1nc(-c2ccccc2)ccc1=O)N1CCC[C@]2(CCNC2)C1. The molecule has 4 rings (SSSR count). The van der Waals surface area contributed by atoms with Crippen LogP contribution in [0.4, 0.5) is 4.79 Å². The second-order valence-electron chi connectivity index (χ2n) is 7.83. The monoisotopic (exact) mass is 381 g/mol. The number of hydrogen-bond acceptors (Lipinski definition) is 4. The Morgan fingerprint density at radius 2 is 2.04 bits per heavy atom. The summed E-state index contributed by atoms with van der Waals surface area (Å²) in [5.74, 6) is 0. The number of rotatable bonds is 4. The number of hydrogen-bond donors (Lipinski definition) is 2. The van der Waals surface area contributed by atoms with Crippen molar-refractivity contribution in [3.63, 3.8) is 0 Å². The summed E-state index contributed by atoms with van der Waals surface area (Å²) in [5, 5.41) is 10.8. The highest BCUT2D eigenvalue weighted by atomic mass is 16.2. The molecule has 1 spiro atoms. The number of piperidine rings is 1. The highest BCUT2D eigenvalue weighted by molar-refractivity contribution is 5.74. The number of urea groups is 1. The summed E-state index contributed by atoms with van der Waals surface area (Å²) in [6.45, 7) is 4.39. The van der Waals surface area contributed by atoms with Gasteiger partial charge in [-0.1, -0.05) is 30.3 Å². The minimum atomic E-state index is -0.164. The molecule has 1 aromatic heterocycles. The molecule has 2 aromatic rings. The van der Waals surface area contributed by atoms with Crippen LogP contribution in [0.25, 0.3) is 11.3 Å². The van der Waals surface area contributed by atoms with E-state index < -0.39 is 0 Å². The molecule has 2 fully saturated rings. The van der Waals surface area contributed by atoms with Crippen molar-refractivity contribution in [3.05, 3.63) is 52.8 Å². The van der Waals surface area contributed by atoms with E-state index in [1.54, 1.807) is 6.07 Å². The lowest BCUT2D eigenvalue weighted by Gasteiger charge is -2.39. The van der Waals surface area contributed by atoms with Gasteiger partial charge >= 0.3 is 6.03 Å². The third-order valence-corrected chi connectivity index (χ3v) is 5.82. The molecule has 2 amide bonds. The highest BCUT2D eigenvalue weighted by Crippen LogP contribution is 2.35. The fourth-order valence-electron chi connectivity index (χ4n) is 4.28. The van der Waals surface area contributed by atoms with Crippen molar-refractivity contribution >= 4 is 6.03 Å². The first-order chi connectivity index (χ1) is 13.7. The summed E-state index contributed by atoms with van der Waals surface area (Å²) in [4.78, 5) is 26.6. The van der Waals surface area contributed by atoms with Crippen molar-refractivity contribution in [3.8, 4) is 11.3 Å². The summed E-state index contributed by atoms with van der Waals surface area (Å²) < 4.78 is 1.42. The van der Waals surface area contributed by atoms with E-state index in [0.29, 0.717) is 13.1 Å². The number of amides is 2. The van der Waals surface area contributed by atoms with Crippen LogP contribution in [-0.2, 0) is 6.54 Å². The van der Waals surface area contributed by atoms with Gasteiger partial charge in [0.1, 0.15) is 0 Å². The summed E-state index contributed by atoms with van der Waals surface area (Å²) in [6.07, 6.45) is 3.38. The second-order valence-corrected chi connectivity index (χ2v) is 7.83. The van der Waals surface area contributed by atoms with Crippen LogP contribution in [-0.4, -0.2) is 53.4 Å². The molecule has 2 aliphatic rings. The third kappa shape index (κ3) is 4.09. The third-order valence-electron chi connectivity index (χ3n) is 5.82. The lowest BCUT2D eigenvalue weighted by molar-refractivity contribution is 0.118. The lowest BCUT2D eigenvalue weighted by Crippen LogP contribution is -2.51. The average Bonchev–Trinajstić information content (AvgIpc) is 3.17. The molecule has 148 valence electrons. The Balaban J connectivity index is 1.35. The van der Waals surface area contributed by atoms with Gasteiger partial charge in [0.2, 0.25) is 0 Å². The predicted molar refractivity (Wildman–Crippen MR) is 108 cm³/mol. The standard InChI is InChI=1S/C21H27N5O2/c27-19-8-7-18(17-5-2-1-3-6-17)24-26(19)14-12-23-20(28)25-13-4-9-21(16-25)10-11-22-15-21/h1-3,5-8,22H,4,9-16H2,(H,23,28)/t21-/m1/s1. The van der Waals surface area contributed by atoms with Gasteiger partial charge in [-0.15, -0.1) is 0 Å². The average molecular weight is 381 g/mol. The maximum atomic E-state index is 12.6. The minimum Gasteiger partial charge on any atom is -0.336 e. The zero-order valence-electron chi connectivity index (χ0n) is 16.1. The van der Waals surface area contributed by atoms with E-state index in [4.69, 9.17) is 0 Å². The first-order valence-electron chi connectivity index (χ1n) is 10.0. The van der Waals surface area contributed by atoms with Gasteiger partial charge in [-0.3, -0.25) is 4.79 Å². The van der Waals surface area contributed by atoms with E-state index in [1.807, 2.05) is 35.2 Å². The van der Waals surface area contributed by atoms with Crippen LogP contribution < -0.4 is 16.2 Å². The molecule has 2 saturated heterocycles. The molecule has 0 saturated carbocycles. The molecule has 1 aromatic carbocycles. The van der Waals surface area contributed by atoms with Gasteiger partial charge in [0.05, 0.1) is 12.2 Å². The van der Waals surface area contributed by atoms with E-state index in [2.05, 4.69) is 15.7 Å². The van der Waals surface area contributed by atoms with Crippen LogP contribution in [0.3, 0.4) is 0 Å². The number of likely N-dealkylation sites (tertiary alicyclic amines) is 1. The topological polar surface area (TPSA) is 79.3 Å². The molecule has 0 unspecified atom stereocenters. The summed E-state index contributed by atoms with van der Waals surface area (Å²) >= 11 is 0. The number of carbonyl (C=O) groups is 1. The zero-order valence-corrected chi connectivity index (χ0v) is 16.1. The van der Waals surface area contributed by atoms with Crippen molar-refractivity contribution in [1.29, 1.82) is 0 Å². The van der Waals surface area contributed by atoms with Gasteiger partial charge in [0, 0.05) is 43.2 Å². The fraction of sp³-hybridized carbons (Fsp3) is 0.476. The maximum absolute atomic E-state index is 12.6. The number of benzene rings is 1. The van der Waals surface area contributed by atoms with Crippen LogP contribution in [0.2, 0.25) is 0 Å². The van der Waals surface area contributed by atoms with Crippen LogP contribution in [0.5, 0.6) is 0 Å². The van der Waals surface area contributed by atoms with Gasteiger partial charge in [-0.05, 0) is 31.9 Å². The molecular formula is C21H27N5O2. The molecule has 0 bridgehead atoms. The molecular weight excluding hydrogens is 354 g/mol. The van der Waals surface area contributed by atoms with Gasteiger partial charge in [0.15, 0.2) is 0 Å². The number of aromatic nitrogens is 2. The Bertz CT molecular complexity index is 874. The Labute approximate surface area is 164 Å². The molecule has 7 heteroatoms. The molecule has 1 atom stereocenters. The molecule has 2 N–H and O–H groups in total. The number of nitrogens with zero attached hydrogens (tertiary/aromatic N) is 3. The molecule has 2 aliphatic heterocycles. The van der Waals surface area contributed by atoms with Crippen LogP contribution in [0, 0.1) is 5.41 Å². The van der Waals surface area contributed by atoms with E-state index in [1.165, 1.54) is 17.2 Å². The van der Waals surface area contributed by atoms with Crippen molar-refractivity contribution in [2.24, 2.45) is 5.41 Å². The Hall–Kier alpha value is -2.67. The van der Waals surface area contributed by atoms with E-state index >= 15 is 0 Å². The summed E-state index contributed by atoms with van der Waals surface area (Å²) in [5.41, 5.74) is 1.79. The molecule has 7 nitrogen and oxygen atoms in total. The van der Waals surface area contributed by atoms with Crippen LogP contribution >= 0.6 is 0 Å². The minimum absolute atomic E-state index is 0.0433. The maximum Gasteiger partial charge on any atom is 0.317 e. The van der Waals surface area contributed by atoms with Crippen molar-refractivity contribution in [2.45, 2.75) is 25.8 Å². The molecule has 3 heterocycles. The second kappa shape index (κ2) is 8.14. The summed E-state index contributed by atoms with van der Waals surface area (Å²) in [6, 6.07) is 13.0. The molecule has 0 aliphatic carbocycles. The fourth-order valence-corrected chi connectivity index (χ4v) is 4.28. The van der Waals surface area contributed by atoms with Crippen molar-refractivity contribution in [1.82, 2.24) is 25.3 Å². The first kappa shape index (κ1) is 18.7. The van der Waals surface area contributed by atoms with E-state index in [9.17, 15) is 9.59 Å². The van der Waals surface area contributed by atoms with Crippen LogP contribution in [0.15, 0.2) is 47.3 Å². The Morgan fingerprint density at radius 1 is 1.18 bits per heavy atom. The molecule has 0 radical (unpaired) electrons. The zero-order chi connectivity index (χ0) is 19.4. The Morgan fingerprint density at radius 3 is 2.82 bits per heavy atom. The van der Waals surface area contributed by atoms with Crippen molar-refractivity contribution < 1.29 is 4.79 Å². The largest absolute Gasteiger partial charge is 0.336 e. The summed E-state index contributed by atoms with van der Waals surface area (Å²) in [7, 11) is 0. The Kier molecular flexibility index (Phi) is 5.43. The first-order valence-corrected chi connectivity index (χ1v) is 10.0. The van der Waals surface area contributed by atoms with Crippen LogP contribution in [0.1, 0.15) is 19.3 Å².